The summed E-state index contributed by atoms with van der Waals surface area (Å²) in [5, 5.41) is 13.6. The maximum atomic E-state index is 13.0. The number of hydrogen-bond donors (Lipinski definition) is 0. The highest BCUT2D eigenvalue weighted by Crippen LogP contribution is 2.45. The highest BCUT2D eigenvalue weighted by molar-refractivity contribution is 5.86. The first-order chi connectivity index (χ1) is 12.9. The third-order valence-corrected chi connectivity index (χ3v) is 6.74. The summed E-state index contributed by atoms with van der Waals surface area (Å²) in [6, 6.07) is 2.31. The van der Waals surface area contributed by atoms with Crippen LogP contribution in [0.25, 0.3) is 0 Å². The van der Waals surface area contributed by atoms with Crippen LogP contribution in [0.4, 0.5) is 0 Å². The van der Waals surface area contributed by atoms with Crippen molar-refractivity contribution in [1.29, 1.82) is 5.26 Å². The van der Waals surface area contributed by atoms with Gasteiger partial charge in [0, 0.05) is 37.0 Å². The second-order valence-electron chi connectivity index (χ2n) is 8.61. The van der Waals surface area contributed by atoms with Gasteiger partial charge < -0.3 is 14.3 Å². The molecule has 1 spiro atoms. The molecule has 27 heavy (non-hydrogen) atoms. The van der Waals surface area contributed by atoms with E-state index >= 15 is 0 Å². The number of carbonyl (C=O) groups is 2. The molecular formula is C20H26N4O3. The average Bonchev–Trinajstić information content (AvgIpc) is 3.41. The summed E-state index contributed by atoms with van der Waals surface area (Å²) in [6.07, 6.45) is 4.53. The van der Waals surface area contributed by atoms with Gasteiger partial charge in [-0.15, -0.1) is 0 Å². The molecule has 1 atom stereocenters. The van der Waals surface area contributed by atoms with Gasteiger partial charge in [-0.1, -0.05) is 18.0 Å². The summed E-state index contributed by atoms with van der Waals surface area (Å²) in [5.41, 5.74) is 0.785. The number of nitrogens with zero attached hydrogens (tertiary/aromatic N) is 4. The van der Waals surface area contributed by atoms with Crippen LogP contribution in [0, 0.1) is 36.0 Å². The molecule has 3 fully saturated rings. The second kappa shape index (κ2) is 6.36. The van der Waals surface area contributed by atoms with Crippen molar-refractivity contribution < 1.29 is 14.1 Å². The van der Waals surface area contributed by atoms with Crippen molar-refractivity contribution in [3.8, 4) is 6.07 Å². The number of hydrogen-bond acceptors (Lipinski definition) is 5. The van der Waals surface area contributed by atoms with E-state index in [1.165, 1.54) is 0 Å². The minimum Gasteiger partial charge on any atom is -0.361 e. The van der Waals surface area contributed by atoms with E-state index in [1.54, 1.807) is 0 Å². The van der Waals surface area contributed by atoms with Gasteiger partial charge in [-0.2, -0.15) is 5.26 Å². The predicted octanol–water partition coefficient (Wildman–Crippen LogP) is 2.33. The lowest BCUT2D eigenvalue weighted by Gasteiger charge is -2.28. The van der Waals surface area contributed by atoms with Crippen molar-refractivity contribution in [2.45, 2.75) is 58.9 Å². The van der Waals surface area contributed by atoms with Gasteiger partial charge in [0.25, 0.3) is 0 Å². The summed E-state index contributed by atoms with van der Waals surface area (Å²) in [7, 11) is 0. The molecule has 3 aliphatic rings. The minimum absolute atomic E-state index is 0.0176. The van der Waals surface area contributed by atoms with Crippen LogP contribution in [0.2, 0.25) is 0 Å². The smallest absolute Gasteiger partial charge is 0.243 e. The Hall–Kier alpha value is -2.36. The molecule has 7 nitrogen and oxygen atoms in total. The van der Waals surface area contributed by atoms with Crippen LogP contribution in [-0.4, -0.2) is 46.4 Å². The number of nitriles is 1. The van der Waals surface area contributed by atoms with Gasteiger partial charge in [0.05, 0.1) is 18.3 Å². The topological polar surface area (TPSA) is 90.4 Å². The molecule has 0 N–H and O–H groups in total. The summed E-state index contributed by atoms with van der Waals surface area (Å²) in [5.74, 6) is 0.859. The van der Waals surface area contributed by atoms with Gasteiger partial charge >= 0.3 is 0 Å². The normalized spacial score (nSPS) is 26.9. The summed E-state index contributed by atoms with van der Waals surface area (Å²) in [4.78, 5) is 29.4. The quantitative estimate of drug-likeness (QED) is 0.814. The standard InChI is InChI=1S/C20H26N4O3/c1-14-16(15(2)27-22-14)10-24-13-19(9-17(24)25)7-8-23(12-19)18(26)20(11-21)5-3-4-6-20/h3-10,12-13H2,1-2H3. The van der Waals surface area contributed by atoms with Crippen molar-refractivity contribution in [2.75, 3.05) is 19.6 Å². The fraction of sp³-hybridized carbons (Fsp3) is 0.700. The zero-order chi connectivity index (χ0) is 19.2. The first-order valence-electron chi connectivity index (χ1n) is 9.78. The van der Waals surface area contributed by atoms with Crippen LogP contribution >= 0.6 is 0 Å². The number of rotatable bonds is 3. The van der Waals surface area contributed by atoms with E-state index < -0.39 is 5.41 Å². The van der Waals surface area contributed by atoms with E-state index in [9.17, 15) is 14.9 Å². The first-order valence-corrected chi connectivity index (χ1v) is 9.78. The third kappa shape index (κ3) is 2.91. The third-order valence-electron chi connectivity index (χ3n) is 6.74. The number of aromatic nitrogens is 1. The molecule has 144 valence electrons. The van der Waals surface area contributed by atoms with Gasteiger partial charge in [-0.05, 0) is 33.1 Å². The van der Waals surface area contributed by atoms with E-state index in [2.05, 4.69) is 11.2 Å². The lowest BCUT2D eigenvalue weighted by Crippen LogP contribution is -2.42. The first kappa shape index (κ1) is 18.0. The Labute approximate surface area is 159 Å². The molecule has 2 amide bonds. The van der Waals surface area contributed by atoms with Crippen LogP contribution in [0.3, 0.4) is 0 Å². The monoisotopic (exact) mass is 370 g/mol. The SMILES string of the molecule is Cc1noc(C)c1CN1CC2(CCN(C(=O)C3(C#N)CCCC3)C2)CC1=O. The number of amides is 2. The van der Waals surface area contributed by atoms with Crippen molar-refractivity contribution in [3.05, 3.63) is 17.0 Å². The molecule has 1 aliphatic carbocycles. The molecule has 1 aromatic rings. The Morgan fingerprint density at radius 2 is 2.00 bits per heavy atom. The molecule has 4 rings (SSSR count). The lowest BCUT2D eigenvalue weighted by molar-refractivity contribution is -0.138. The molecule has 7 heteroatoms. The van der Waals surface area contributed by atoms with Crippen LogP contribution in [0.5, 0.6) is 0 Å². The molecule has 1 unspecified atom stereocenters. The fourth-order valence-electron chi connectivity index (χ4n) is 5.08. The highest BCUT2D eigenvalue weighted by Gasteiger charge is 2.52. The minimum atomic E-state index is -0.829. The molecule has 3 heterocycles. The van der Waals surface area contributed by atoms with Gasteiger partial charge in [0.1, 0.15) is 11.2 Å². The molecule has 0 aromatic carbocycles. The van der Waals surface area contributed by atoms with Gasteiger partial charge in [0.15, 0.2) is 0 Å². The van der Waals surface area contributed by atoms with Crippen molar-refractivity contribution >= 4 is 11.8 Å². The van der Waals surface area contributed by atoms with E-state index in [4.69, 9.17) is 4.52 Å². The van der Waals surface area contributed by atoms with Crippen LogP contribution in [0.15, 0.2) is 4.52 Å². The molecule has 2 aliphatic heterocycles. The fourth-order valence-corrected chi connectivity index (χ4v) is 5.08. The molecule has 2 saturated heterocycles. The van der Waals surface area contributed by atoms with Gasteiger partial charge in [0.2, 0.25) is 11.8 Å². The Morgan fingerprint density at radius 1 is 1.26 bits per heavy atom. The maximum Gasteiger partial charge on any atom is 0.243 e. The zero-order valence-corrected chi connectivity index (χ0v) is 16.1. The lowest BCUT2D eigenvalue weighted by atomic mass is 9.85. The number of likely N-dealkylation sites (tertiary alicyclic amines) is 2. The number of carbonyl (C=O) groups excluding carboxylic acids is 2. The Bertz CT molecular complexity index is 798. The highest BCUT2D eigenvalue weighted by atomic mass is 16.5. The van der Waals surface area contributed by atoms with Crippen LogP contribution in [-0.2, 0) is 16.1 Å². The van der Waals surface area contributed by atoms with Gasteiger partial charge in [-0.3, -0.25) is 9.59 Å². The average molecular weight is 370 g/mol. The Balaban J connectivity index is 1.46. The number of aryl methyl sites for hydroxylation is 2. The predicted molar refractivity (Wildman–Crippen MR) is 96.2 cm³/mol. The molecule has 1 saturated carbocycles. The summed E-state index contributed by atoms with van der Waals surface area (Å²) < 4.78 is 5.22. The summed E-state index contributed by atoms with van der Waals surface area (Å²) >= 11 is 0. The second-order valence-corrected chi connectivity index (χ2v) is 8.61. The summed E-state index contributed by atoms with van der Waals surface area (Å²) in [6.45, 7) is 6.15. The van der Waals surface area contributed by atoms with E-state index in [1.807, 2.05) is 23.6 Å². The Morgan fingerprint density at radius 3 is 2.63 bits per heavy atom. The zero-order valence-electron chi connectivity index (χ0n) is 16.1. The molecule has 0 bridgehead atoms. The van der Waals surface area contributed by atoms with Crippen molar-refractivity contribution in [3.63, 3.8) is 0 Å². The Kier molecular flexibility index (Phi) is 4.25. The van der Waals surface area contributed by atoms with Crippen LogP contribution < -0.4 is 0 Å². The van der Waals surface area contributed by atoms with E-state index in [0.717, 1.165) is 36.3 Å². The molecule has 1 aromatic heterocycles. The molecule has 0 radical (unpaired) electrons. The van der Waals surface area contributed by atoms with E-state index in [-0.39, 0.29) is 17.2 Å². The molecular weight excluding hydrogens is 344 g/mol. The largest absolute Gasteiger partial charge is 0.361 e. The van der Waals surface area contributed by atoms with Crippen molar-refractivity contribution in [1.82, 2.24) is 15.0 Å². The van der Waals surface area contributed by atoms with Gasteiger partial charge in [-0.25, -0.2) is 0 Å². The maximum absolute atomic E-state index is 13.0. The van der Waals surface area contributed by atoms with Crippen LogP contribution in [0.1, 0.15) is 55.5 Å². The van der Waals surface area contributed by atoms with E-state index in [0.29, 0.717) is 45.4 Å². The van der Waals surface area contributed by atoms with Crippen molar-refractivity contribution in [2.24, 2.45) is 10.8 Å².